The Morgan fingerprint density at radius 3 is 2.17 bits per heavy atom. The molecule has 0 N–H and O–H groups in total. The standard InChI is InChI=1S/C32H33F3/c1-3-5-6-8-22-9-11-23(12-10-22)27-18-19-28(30(33)21-27)24-13-15-25(16-14-24)29-20-17-26(7-4-2)31(34)32(29)35/h3,5,11,13-22H,4,6-10,12H2,1-2H3/b5-3+. The van der Waals surface area contributed by atoms with Crippen LogP contribution in [0.15, 0.2) is 72.8 Å². The Labute approximate surface area is 207 Å². The predicted molar refractivity (Wildman–Crippen MR) is 141 cm³/mol. The van der Waals surface area contributed by atoms with Crippen LogP contribution in [0.4, 0.5) is 13.2 Å². The lowest BCUT2D eigenvalue weighted by Crippen LogP contribution is -2.05. The molecule has 1 aliphatic rings. The third-order valence-corrected chi connectivity index (χ3v) is 7.03. The van der Waals surface area contributed by atoms with E-state index in [4.69, 9.17) is 0 Å². The minimum absolute atomic E-state index is 0.220. The molecule has 0 bridgehead atoms. The summed E-state index contributed by atoms with van der Waals surface area (Å²) >= 11 is 0. The molecular formula is C32H33F3. The highest BCUT2D eigenvalue weighted by Crippen LogP contribution is 2.35. The zero-order chi connectivity index (χ0) is 24.8. The Morgan fingerprint density at radius 1 is 0.857 bits per heavy atom. The van der Waals surface area contributed by atoms with Crippen molar-refractivity contribution in [1.29, 1.82) is 0 Å². The SMILES string of the molecule is C/C=C/CCC1CC=C(c2ccc(-c3ccc(-c4ccc(CCC)c(F)c4F)cc3)c(F)c2)CC1. The van der Waals surface area contributed by atoms with Crippen molar-refractivity contribution in [2.24, 2.45) is 5.92 Å². The van der Waals surface area contributed by atoms with Gasteiger partial charge in [-0.2, -0.15) is 0 Å². The molecule has 0 amide bonds. The fraction of sp³-hybridized carbons (Fsp3) is 0.312. The van der Waals surface area contributed by atoms with Gasteiger partial charge in [-0.25, -0.2) is 13.2 Å². The second kappa shape index (κ2) is 11.6. The molecule has 3 heteroatoms. The molecule has 0 saturated heterocycles. The van der Waals surface area contributed by atoms with Crippen LogP contribution in [-0.4, -0.2) is 0 Å². The summed E-state index contributed by atoms with van der Waals surface area (Å²) in [7, 11) is 0. The molecule has 1 atom stereocenters. The molecule has 1 unspecified atom stereocenters. The normalized spacial score (nSPS) is 16.0. The first kappa shape index (κ1) is 25.0. The first-order chi connectivity index (χ1) is 17.0. The van der Waals surface area contributed by atoms with Crippen LogP contribution in [0.25, 0.3) is 27.8 Å². The third-order valence-electron chi connectivity index (χ3n) is 7.03. The van der Waals surface area contributed by atoms with E-state index in [0.29, 0.717) is 34.6 Å². The highest BCUT2D eigenvalue weighted by molar-refractivity contribution is 5.74. The Hall–Kier alpha value is -3.07. The lowest BCUT2D eigenvalue weighted by Gasteiger charge is -2.22. The molecule has 0 heterocycles. The molecule has 35 heavy (non-hydrogen) atoms. The van der Waals surface area contributed by atoms with Crippen molar-refractivity contribution >= 4 is 5.57 Å². The predicted octanol–water partition coefficient (Wildman–Crippen LogP) is 9.93. The minimum Gasteiger partial charge on any atom is -0.206 e. The molecular weight excluding hydrogens is 441 g/mol. The molecule has 0 fully saturated rings. The molecule has 0 spiro atoms. The zero-order valence-electron chi connectivity index (χ0n) is 20.6. The van der Waals surface area contributed by atoms with Crippen molar-refractivity contribution in [1.82, 2.24) is 0 Å². The fourth-order valence-corrected chi connectivity index (χ4v) is 4.96. The van der Waals surface area contributed by atoms with Crippen molar-refractivity contribution in [3.63, 3.8) is 0 Å². The third kappa shape index (κ3) is 5.78. The van der Waals surface area contributed by atoms with Crippen LogP contribution in [0.2, 0.25) is 0 Å². The van der Waals surface area contributed by atoms with E-state index in [0.717, 1.165) is 37.7 Å². The maximum absolute atomic E-state index is 15.1. The first-order valence-electron chi connectivity index (χ1n) is 12.7. The van der Waals surface area contributed by atoms with Gasteiger partial charge in [0.25, 0.3) is 0 Å². The van der Waals surface area contributed by atoms with Crippen LogP contribution in [0, 0.1) is 23.4 Å². The molecule has 0 nitrogen and oxygen atoms in total. The van der Waals surface area contributed by atoms with Gasteiger partial charge >= 0.3 is 0 Å². The lowest BCUT2D eigenvalue weighted by molar-refractivity contribution is 0.454. The highest BCUT2D eigenvalue weighted by Gasteiger charge is 2.17. The monoisotopic (exact) mass is 474 g/mol. The summed E-state index contributed by atoms with van der Waals surface area (Å²) in [6.07, 6.45) is 13.4. The van der Waals surface area contributed by atoms with E-state index in [1.807, 2.05) is 19.1 Å². The van der Waals surface area contributed by atoms with E-state index < -0.39 is 11.6 Å². The quantitative estimate of drug-likeness (QED) is 0.285. The van der Waals surface area contributed by atoms with E-state index in [1.54, 1.807) is 42.5 Å². The molecule has 1 aliphatic carbocycles. The second-order valence-electron chi connectivity index (χ2n) is 9.44. The number of halogens is 3. The smallest absolute Gasteiger partial charge is 0.166 e. The zero-order valence-corrected chi connectivity index (χ0v) is 20.6. The van der Waals surface area contributed by atoms with Gasteiger partial charge in [0.05, 0.1) is 0 Å². The molecule has 0 aromatic heterocycles. The summed E-state index contributed by atoms with van der Waals surface area (Å²) in [6, 6.07) is 15.7. The van der Waals surface area contributed by atoms with Crippen LogP contribution >= 0.6 is 0 Å². The number of allylic oxidation sites excluding steroid dienone is 4. The van der Waals surface area contributed by atoms with Gasteiger partial charge < -0.3 is 0 Å². The van der Waals surface area contributed by atoms with Gasteiger partial charge in [0, 0.05) is 11.1 Å². The van der Waals surface area contributed by atoms with Gasteiger partial charge in [-0.15, -0.1) is 0 Å². The summed E-state index contributed by atoms with van der Waals surface area (Å²) in [5.74, 6) is -1.17. The van der Waals surface area contributed by atoms with Gasteiger partial charge in [0.2, 0.25) is 0 Å². The summed E-state index contributed by atoms with van der Waals surface area (Å²) in [6.45, 7) is 3.99. The van der Waals surface area contributed by atoms with Crippen molar-refractivity contribution in [3.8, 4) is 22.3 Å². The maximum atomic E-state index is 15.1. The van der Waals surface area contributed by atoms with Crippen molar-refractivity contribution in [3.05, 3.63) is 101 Å². The van der Waals surface area contributed by atoms with Gasteiger partial charge in [-0.05, 0) is 85.3 Å². The Balaban J connectivity index is 1.49. The van der Waals surface area contributed by atoms with Crippen LogP contribution in [0.1, 0.15) is 63.5 Å². The number of rotatable bonds is 8. The van der Waals surface area contributed by atoms with Gasteiger partial charge in [0.1, 0.15) is 5.82 Å². The fourth-order valence-electron chi connectivity index (χ4n) is 4.96. The Bertz CT molecular complexity index is 1220. The number of benzene rings is 3. The van der Waals surface area contributed by atoms with Gasteiger partial charge in [0.15, 0.2) is 11.6 Å². The van der Waals surface area contributed by atoms with Crippen LogP contribution in [0.3, 0.4) is 0 Å². The number of aryl methyl sites for hydroxylation is 1. The average Bonchev–Trinajstić information content (AvgIpc) is 2.88. The topological polar surface area (TPSA) is 0 Å². The van der Waals surface area contributed by atoms with E-state index >= 15 is 4.39 Å². The summed E-state index contributed by atoms with van der Waals surface area (Å²) in [5, 5.41) is 0. The summed E-state index contributed by atoms with van der Waals surface area (Å²) in [4.78, 5) is 0. The Kier molecular flexibility index (Phi) is 8.28. The molecule has 0 radical (unpaired) electrons. The Morgan fingerprint density at radius 2 is 1.54 bits per heavy atom. The highest BCUT2D eigenvalue weighted by atomic mass is 19.2. The molecule has 0 saturated carbocycles. The van der Waals surface area contributed by atoms with Gasteiger partial charge in [-0.1, -0.05) is 80.1 Å². The summed E-state index contributed by atoms with van der Waals surface area (Å²) < 4.78 is 44.1. The molecule has 3 aromatic rings. The number of hydrogen-bond acceptors (Lipinski definition) is 0. The molecule has 182 valence electrons. The lowest BCUT2D eigenvalue weighted by atomic mass is 9.84. The van der Waals surface area contributed by atoms with E-state index in [2.05, 4.69) is 25.2 Å². The maximum Gasteiger partial charge on any atom is 0.166 e. The van der Waals surface area contributed by atoms with E-state index in [1.165, 1.54) is 12.0 Å². The molecule has 0 aliphatic heterocycles. The second-order valence-corrected chi connectivity index (χ2v) is 9.44. The van der Waals surface area contributed by atoms with E-state index in [9.17, 15) is 8.78 Å². The minimum atomic E-state index is -0.830. The van der Waals surface area contributed by atoms with Crippen molar-refractivity contribution < 1.29 is 13.2 Å². The van der Waals surface area contributed by atoms with Crippen molar-refractivity contribution in [2.45, 2.75) is 58.8 Å². The molecule has 3 aromatic carbocycles. The van der Waals surface area contributed by atoms with E-state index in [-0.39, 0.29) is 11.4 Å². The van der Waals surface area contributed by atoms with Crippen molar-refractivity contribution in [2.75, 3.05) is 0 Å². The van der Waals surface area contributed by atoms with Crippen LogP contribution in [0.5, 0.6) is 0 Å². The number of hydrogen-bond donors (Lipinski definition) is 0. The average molecular weight is 475 g/mol. The summed E-state index contributed by atoms with van der Waals surface area (Å²) in [5.41, 5.74) is 4.56. The largest absolute Gasteiger partial charge is 0.206 e. The van der Waals surface area contributed by atoms with Crippen LogP contribution in [-0.2, 0) is 6.42 Å². The first-order valence-corrected chi connectivity index (χ1v) is 12.7. The molecule has 4 rings (SSSR count). The van der Waals surface area contributed by atoms with Gasteiger partial charge in [-0.3, -0.25) is 0 Å². The van der Waals surface area contributed by atoms with Crippen LogP contribution < -0.4 is 0 Å².